The minimum absolute atomic E-state index is 0.0256. The van der Waals surface area contributed by atoms with Crippen molar-refractivity contribution in [3.05, 3.63) is 0 Å². The van der Waals surface area contributed by atoms with Crippen LogP contribution >= 0.6 is 0 Å². The van der Waals surface area contributed by atoms with Gasteiger partial charge in [-0.15, -0.1) is 0 Å². The van der Waals surface area contributed by atoms with Gasteiger partial charge in [-0.25, -0.2) is 0 Å². The lowest BCUT2D eigenvalue weighted by atomic mass is 9.83. The van der Waals surface area contributed by atoms with Gasteiger partial charge in [-0.1, -0.05) is 11.6 Å². The minimum Gasteiger partial charge on any atom is -0.393 e. The van der Waals surface area contributed by atoms with Gasteiger partial charge in [0.25, 0.3) is 0 Å². The summed E-state index contributed by atoms with van der Waals surface area (Å²) < 4.78 is 0. The SMILES string of the molecule is CC1(N)CCC(ON=C2CCCCC2)CC1. The fraction of sp³-hybridized carbons (Fsp3) is 0.923. The highest BCUT2D eigenvalue weighted by Gasteiger charge is 2.28. The summed E-state index contributed by atoms with van der Waals surface area (Å²) in [4.78, 5) is 5.65. The zero-order valence-corrected chi connectivity index (χ0v) is 10.4. The van der Waals surface area contributed by atoms with Crippen LogP contribution in [0.25, 0.3) is 0 Å². The Kier molecular flexibility index (Phi) is 3.85. The number of hydrogen-bond acceptors (Lipinski definition) is 3. The predicted molar refractivity (Wildman–Crippen MR) is 66.5 cm³/mol. The van der Waals surface area contributed by atoms with Crippen LogP contribution in [0.15, 0.2) is 5.16 Å². The van der Waals surface area contributed by atoms with E-state index in [1.54, 1.807) is 0 Å². The largest absolute Gasteiger partial charge is 0.393 e. The maximum Gasteiger partial charge on any atom is 0.127 e. The van der Waals surface area contributed by atoms with E-state index in [9.17, 15) is 0 Å². The average Bonchev–Trinajstić information content (AvgIpc) is 2.29. The molecular weight excluding hydrogens is 200 g/mol. The molecule has 0 unspecified atom stereocenters. The molecule has 0 aromatic rings. The topological polar surface area (TPSA) is 47.6 Å². The van der Waals surface area contributed by atoms with E-state index < -0.39 is 0 Å². The Morgan fingerprint density at radius 2 is 1.81 bits per heavy atom. The molecule has 2 aliphatic rings. The van der Waals surface area contributed by atoms with Crippen LogP contribution in [0.3, 0.4) is 0 Å². The zero-order chi connectivity index (χ0) is 11.4. The highest BCUT2D eigenvalue weighted by atomic mass is 16.6. The van der Waals surface area contributed by atoms with Crippen molar-refractivity contribution >= 4 is 5.71 Å². The van der Waals surface area contributed by atoms with E-state index >= 15 is 0 Å². The first-order valence-electron chi connectivity index (χ1n) is 6.66. The van der Waals surface area contributed by atoms with Crippen LogP contribution in [-0.2, 0) is 4.84 Å². The molecule has 0 bridgehead atoms. The summed E-state index contributed by atoms with van der Waals surface area (Å²) in [5.74, 6) is 0. The summed E-state index contributed by atoms with van der Waals surface area (Å²) in [6.07, 6.45) is 10.8. The lowest BCUT2D eigenvalue weighted by molar-refractivity contribution is 0.0184. The molecule has 3 heteroatoms. The van der Waals surface area contributed by atoms with Crippen LogP contribution in [0.4, 0.5) is 0 Å². The molecule has 0 aromatic carbocycles. The standard InChI is InChI=1S/C13H24N2O/c1-13(14)9-7-12(8-10-13)16-15-11-5-3-2-4-6-11/h12H,2-10,14H2,1H3. The van der Waals surface area contributed by atoms with Gasteiger partial charge in [-0.3, -0.25) is 0 Å². The molecule has 0 radical (unpaired) electrons. The zero-order valence-electron chi connectivity index (χ0n) is 10.4. The van der Waals surface area contributed by atoms with Gasteiger partial charge >= 0.3 is 0 Å². The van der Waals surface area contributed by atoms with Crippen molar-refractivity contribution in [1.82, 2.24) is 0 Å². The van der Waals surface area contributed by atoms with Crippen molar-refractivity contribution in [3.8, 4) is 0 Å². The van der Waals surface area contributed by atoms with Crippen molar-refractivity contribution in [2.75, 3.05) is 0 Å². The van der Waals surface area contributed by atoms with Crippen LogP contribution in [-0.4, -0.2) is 17.4 Å². The van der Waals surface area contributed by atoms with E-state index in [1.807, 2.05) is 0 Å². The minimum atomic E-state index is 0.0256. The third kappa shape index (κ3) is 3.48. The fourth-order valence-corrected chi connectivity index (χ4v) is 2.56. The third-order valence-corrected chi connectivity index (χ3v) is 3.84. The predicted octanol–water partition coefficient (Wildman–Crippen LogP) is 2.98. The third-order valence-electron chi connectivity index (χ3n) is 3.84. The van der Waals surface area contributed by atoms with Crippen molar-refractivity contribution in [2.45, 2.75) is 76.4 Å². The second kappa shape index (κ2) is 5.17. The normalized spacial score (nSPS) is 35.9. The lowest BCUT2D eigenvalue weighted by Gasteiger charge is -2.32. The summed E-state index contributed by atoms with van der Waals surface area (Å²) in [6, 6.07) is 0. The second-order valence-electron chi connectivity index (χ2n) is 5.68. The molecule has 92 valence electrons. The Morgan fingerprint density at radius 1 is 1.19 bits per heavy atom. The number of hydrogen-bond donors (Lipinski definition) is 1. The van der Waals surface area contributed by atoms with E-state index in [4.69, 9.17) is 10.6 Å². The van der Waals surface area contributed by atoms with Crippen molar-refractivity contribution in [2.24, 2.45) is 10.9 Å². The molecule has 2 fully saturated rings. The molecule has 0 atom stereocenters. The molecule has 0 heterocycles. The van der Waals surface area contributed by atoms with Gasteiger partial charge in [0.05, 0.1) is 5.71 Å². The first kappa shape index (κ1) is 11.9. The van der Waals surface area contributed by atoms with Gasteiger partial charge in [-0.05, 0) is 58.3 Å². The molecule has 0 saturated heterocycles. The van der Waals surface area contributed by atoms with Gasteiger partial charge in [0.15, 0.2) is 0 Å². The molecule has 2 saturated carbocycles. The van der Waals surface area contributed by atoms with Gasteiger partial charge < -0.3 is 10.6 Å². The van der Waals surface area contributed by atoms with Crippen LogP contribution in [0.1, 0.15) is 64.7 Å². The van der Waals surface area contributed by atoms with Crippen LogP contribution in [0.2, 0.25) is 0 Å². The van der Waals surface area contributed by atoms with E-state index in [2.05, 4.69) is 12.1 Å². The van der Waals surface area contributed by atoms with Crippen molar-refractivity contribution in [1.29, 1.82) is 0 Å². The first-order chi connectivity index (χ1) is 7.66. The Morgan fingerprint density at radius 3 is 2.44 bits per heavy atom. The Labute approximate surface area is 98.4 Å². The Balaban J connectivity index is 1.74. The average molecular weight is 224 g/mol. The molecule has 2 aliphatic carbocycles. The van der Waals surface area contributed by atoms with Gasteiger partial charge in [0.1, 0.15) is 6.10 Å². The summed E-state index contributed by atoms with van der Waals surface area (Å²) in [5, 5.41) is 4.33. The molecule has 0 amide bonds. The monoisotopic (exact) mass is 224 g/mol. The fourth-order valence-electron chi connectivity index (χ4n) is 2.56. The number of oxime groups is 1. The molecule has 0 aliphatic heterocycles. The number of nitrogens with two attached hydrogens (primary N) is 1. The van der Waals surface area contributed by atoms with Gasteiger partial charge in [-0.2, -0.15) is 0 Å². The highest BCUT2D eigenvalue weighted by molar-refractivity contribution is 5.84. The highest BCUT2D eigenvalue weighted by Crippen LogP contribution is 2.27. The van der Waals surface area contributed by atoms with E-state index in [0.29, 0.717) is 6.10 Å². The molecule has 0 aromatic heterocycles. The molecular formula is C13H24N2O. The van der Waals surface area contributed by atoms with Gasteiger partial charge in [0.2, 0.25) is 0 Å². The second-order valence-corrected chi connectivity index (χ2v) is 5.68. The van der Waals surface area contributed by atoms with Crippen molar-refractivity contribution in [3.63, 3.8) is 0 Å². The van der Waals surface area contributed by atoms with E-state index in [1.165, 1.54) is 25.0 Å². The summed E-state index contributed by atoms with van der Waals surface area (Å²) in [7, 11) is 0. The summed E-state index contributed by atoms with van der Waals surface area (Å²) in [5.41, 5.74) is 7.38. The summed E-state index contributed by atoms with van der Waals surface area (Å²) in [6.45, 7) is 2.14. The molecule has 3 nitrogen and oxygen atoms in total. The van der Waals surface area contributed by atoms with Crippen LogP contribution in [0, 0.1) is 0 Å². The first-order valence-corrected chi connectivity index (χ1v) is 6.66. The van der Waals surface area contributed by atoms with Crippen LogP contribution in [0.5, 0.6) is 0 Å². The Bertz CT molecular complexity index is 243. The van der Waals surface area contributed by atoms with Gasteiger partial charge in [0, 0.05) is 5.54 Å². The maximum absolute atomic E-state index is 6.09. The lowest BCUT2D eigenvalue weighted by Crippen LogP contribution is -2.41. The molecule has 16 heavy (non-hydrogen) atoms. The number of nitrogens with zero attached hydrogens (tertiary/aromatic N) is 1. The van der Waals surface area contributed by atoms with E-state index in [-0.39, 0.29) is 5.54 Å². The van der Waals surface area contributed by atoms with Crippen molar-refractivity contribution < 1.29 is 4.84 Å². The van der Waals surface area contributed by atoms with E-state index in [0.717, 1.165) is 38.5 Å². The quantitative estimate of drug-likeness (QED) is 0.733. The van der Waals surface area contributed by atoms with Crippen LogP contribution < -0.4 is 5.73 Å². The molecule has 0 spiro atoms. The maximum atomic E-state index is 6.09. The smallest absolute Gasteiger partial charge is 0.127 e. The Hall–Kier alpha value is -0.570. The summed E-state index contributed by atoms with van der Waals surface area (Å²) >= 11 is 0. The number of rotatable bonds is 2. The molecule has 2 N–H and O–H groups in total. The molecule has 2 rings (SSSR count).